The minimum atomic E-state index is -0.0675. The molecular weight excluding hydrogens is 190 g/mol. The first-order chi connectivity index (χ1) is 7.20. The number of amidine groups is 2. The Bertz CT molecular complexity index is 408. The van der Waals surface area contributed by atoms with Gasteiger partial charge in [-0.3, -0.25) is 10.4 Å². The van der Waals surface area contributed by atoms with Gasteiger partial charge in [0.25, 0.3) is 0 Å². The summed E-state index contributed by atoms with van der Waals surface area (Å²) in [5.74, 6) is 2.02. The van der Waals surface area contributed by atoms with E-state index < -0.39 is 0 Å². The zero-order valence-corrected chi connectivity index (χ0v) is 8.74. The Morgan fingerprint density at radius 2 is 2.00 bits per heavy atom. The fourth-order valence-corrected chi connectivity index (χ4v) is 1.42. The van der Waals surface area contributed by atoms with Gasteiger partial charge < -0.3 is 10.1 Å². The van der Waals surface area contributed by atoms with E-state index in [1.807, 2.05) is 31.2 Å². The smallest absolute Gasteiger partial charge is 0.134 e. The van der Waals surface area contributed by atoms with Crippen LogP contribution in [0.2, 0.25) is 0 Å². The Morgan fingerprint density at radius 3 is 2.47 bits per heavy atom. The molecule has 1 heterocycles. The highest BCUT2D eigenvalue weighted by atomic mass is 16.5. The summed E-state index contributed by atoms with van der Waals surface area (Å²) in [5, 5.41) is 10.5. The van der Waals surface area contributed by atoms with Gasteiger partial charge in [0.15, 0.2) is 0 Å². The predicted octanol–water partition coefficient (Wildman–Crippen LogP) is 1.41. The van der Waals surface area contributed by atoms with Crippen molar-refractivity contribution in [1.29, 1.82) is 5.41 Å². The lowest BCUT2D eigenvalue weighted by Crippen LogP contribution is -2.27. The molecule has 0 fully saturated rings. The SMILES string of the molecule is COc1ccc(C2=NC(C)C(=N)N2)cc1. The van der Waals surface area contributed by atoms with Crippen molar-refractivity contribution >= 4 is 11.7 Å². The van der Waals surface area contributed by atoms with Crippen molar-refractivity contribution in [3.8, 4) is 5.75 Å². The molecule has 0 saturated carbocycles. The third kappa shape index (κ3) is 1.83. The summed E-state index contributed by atoms with van der Waals surface area (Å²) in [5.41, 5.74) is 0.977. The van der Waals surface area contributed by atoms with Gasteiger partial charge in [0.2, 0.25) is 0 Å². The molecule has 1 atom stereocenters. The number of ether oxygens (including phenoxy) is 1. The lowest BCUT2D eigenvalue weighted by atomic mass is 10.2. The zero-order chi connectivity index (χ0) is 10.8. The first kappa shape index (κ1) is 9.71. The molecule has 0 radical (unpaired) electrons. The number of aliphatic imine (C=N–C) groups is 1. The summed E-state index contributed by atoms with van der Waals surface area (Å²) in [6.07, 6.45) is 0. The van der Waals surface area contributed by atoms with E-state index in [0.717, 1.165) is 17.1 Å². The van der Waals surface area contributed by atoms with Crippen LogP contribution in [0.15, 0.2) is 29.3 Å². The maximum absolute atomic E-state index is 7.56. The lowest BCUT2D eigenvalue weighted by molar-refractivity contribution is 0.415. The van der Waals surface area contributed by atoms with Crippen molar-refractivity contribution in [2.45, 2.75) is 13.0 Å². The molecular formula is C11H13N3O. The highest BCUT2D eigenvalue weighted by Crippen LogP contribution is 2.13. The van der Waals surface area contributed by atoms with Crippen LogP contribution < -0.4 is 10.1 Å². The van der Waals surface area contributed by atoms with Gasteiger partial charge in [-0.2, -0.15) is 0 Å². The molecule has 1 aliphatic rings. The van der Waals surface area contributed by atoms with Crippen LogP contribution in [0.4, 0.5) is 0 Å². The van der Waals surface area contributed by atoms with E-state index in [4.69, 9.17) is 10.1 Å². The minimum Gasteiger partial charge on any atom is -0.497 e. The van der Waals surface area contributed by atoms with Crippen molar-refractivity contribution in [2.75, 3.05) is 7.11 Å². The molecule has 0 aliphatic carbocycles. The van der Waals surface area contributed by atoms with Crippen LogP contribution in [0.25, 0.3) is 0 Å². The van der Waals surface area contributed by atoms with Crippen molar-refractivity contribution in [2.24, 2.45) is 4.99 Å². The molecule has 0 saturated heterocycles. The van der Waals surface area contributed by atoms with Crippen LogP contribution >= 0.6 is 0 Å². The maximum Gasteiger partial charge on any atom is 0.134 e. The maximum atomic E-state index is 7.56. The molecule has 15 heavy (non-hydrogen) atoms. The van der Waals surface area contributed by atoms with E-state index in [-0.39, 0.29) is 6.04 Å². The molecule has 4 heteroatoms. The number of benzene rings is 1. The van der Waals surface area contributed by atoms with E-state index in [0.29, 0.717) is 5.84 Å². The van der Waals surface area contributed by atoms with Gasteiger partial charge in [-0.05, 0) is 31.2 Å². The monoisotopic (exact) mass is 203 g/mol. The Kier molecular flexibility index (Phi) is 2.41. The molecule has 0 bridgehead atoms. The van der Waals surface area contributed by atoms with Crippen molar-refractivity contribution < 1.29 is 4.74 Å². The molecule has 78 valence electrons. The van der Waals surface area contributed by atoms with Gasteiger partial charge in [0.1, 0.15) is 23.5 Å². The van der Waals surface area contributed by atoms with Crippen LogP contribution in [0, 0.1) is 5.41 Å². The Morgan fingerprint density at radius 1 is 1.33 bits per heavy atom. The Hall–Kier alpha value is -1.84. The van der Waals surface area contributed by atoms with Gasteiger partial charge in [-0.1, -0.05) is 0 Å². The molecule has 1 aliphatic heterocycles. The number of methoxy groups -OCH3 is 1. The molecule has 1 aromatic carbocycles. The summed E-state index contributed by atoms with van der Waals surface area (Å²) >= 11 is 0. The van der Waals surface area contributed by atoms with Crippen LogP contribution in [0.3, 0.4) is 0 Å². The molecule has 4 nitrogen and oxygen atoms in total. The first-order valence-electron chi connectivity index (χ1n) is 4.78. The summed E-state index contributed by atoms with van der Waals surface area (Å²) in [4.78, 5) is 4.34. The first-order valence-corrected chi connectivity index (χ1v) is 4.78. The Balaban J connectivity index is 2.24. The number of hydrogen-bond acceptors (Lipinski definition) is 3. The van der Waals surface area contributed by atoms with Gasteiger partial charge >= 0.3 is 0 Å². The summed E-state index contributed by atoms with van der Waals surface area (Å²) in [6.45, 7) is 1.89. The quantitative estimate of drug-likeness (QED) is 0.763. The average molecular weight is 203 g/mol. The summed E-state index contributed by atoms with van der Waals surface area (Å²) < 4.78 is 5.07. The minimum absolute atomic E-state index is 0.0675. The highest BCUT2D eigenvalue weighted by Gasteiger charge is 2.19. The van der Waals surface area contributed by atoms with E-state index in [2.05, 4.69) is 10.3 Å². The molecule has 0 amide bonds. The molecule has 1 aromatic rings. The van der Waals surface area contributed by atoms with Crippen molar-refractivity contribution in [1.82, 2.24) is 5.32 Å². The van der Waals surface area contributed by atoms with Gasteiger partial charge in [0.05, 0.1) is 7.11 Å². The van der Waals surface area contributed by atoms with Gasteiger partial charge in [-0.15, -0.1) is 0 Å². The second kappa shape index (κ2) is 3.73. The van der Waals surface area contributed by atoms with E-state index in [1.165, 1.54) is 0 Å². The topological polar surface area (TPSA) is 57.5 Å². The second-order valence-electron chi connectivity index (χ2n) is 3.42. The lowest BCUT2D eigenvalue weighted by Gasteiger charge is -2.03. The molecule has 2 rings (SSSR count). The normalized spacial score (nSPS) is 19.7. The van der Waals surface area contributed by atoms with Crippen LogP contribution in [0.5, 0.6) is 5.75 Å². The highest BCUT2D eigenvalue weighted by molar-refractivity contribution is 6.14. The van der Waals surface area contributed by atoms with Crippen LogP contribution in [-0.2, 0) is 0 Å². The van der Waals surface area contributed by atoms with Crippen LogP contribution in [-0.4, -0.2) is 24.8 Å². The zero-order valence-electron chi connectivity index (χ0n) is 8.74. The van der Waals surface area contributed by atoms with Gasteiger partial charge in [0, 0.05) is 5.56 Å². The number of nitrogens with zero attached hydrogens (tertiary/aromatic N) is 1. The second-order valence-corrected chi connectivity index (χ2v) is 3.42. The van der Waals surface area contributed by atoms with E-state index in [9.17, 15) is 0 Å². The fourth-order valence-electron chi connectivity index (χ4n) is 1.42. The molecule has 2 N–H and O–H groups in total. The third-order valence-corrected chi connectivity index (χ3v) is 2.36. The Labute approximate surface area is 88.5 Å². The fraction of sp³-hybridized carbons (Fsp3) is 0.273. The summed E-state index contributed by atoms with van der Waals surface area (Å²) in [7, 11) is 1.64. The van der Waals surface area contributed by atoms with Crippen molar-refractivity contribution in [3.63, 3.8) is 0 Å². The largest absolute Gasteiger partial charge is 0.497 e. The van der Waals surface area contributed by atoms with E-state index in [1.54, 1.807) is 7.11 Å². The number of rotatable bonds is 2. The average Bonchev–Trinajstić information content (AvgIpc) is 2.59. The third-order valence-electron chi connectivity index (χ3n) is 2.36. The van der Waals surface area contributed by atoms with Crippen LogP contribution in [0.1, 0.15) is 12.5 Å². The molecule has 0 aromatic heterocycles. The number of hydrogen-bond donors (Lipinski definition) is 2. The summed E-state index contributed by atoms with van der Waals surface area (Å²) in [6, 6.07) is 7.55. The standard InChI is InChI=1S/C11H13N3O/c1-7-10(12)14-11(13-7)8-3-5-9(15-2)6-4-8/h3-7H,1-2H3,(H2,12,13,14). The molecule has 1 unspecified atom stereocenters. The van der Waals surface area contributed by atoms with Gasteiger partial charge in [-0.25, -0.2) is 0 Å². The predicted molar refractivity (Wildman–Crippen MR) is 59.9 cm³/mol. The van der Waals surface area contributed by atoms with Crippen molar-refractivity contribution in [3.05, 3.63) is 29.8 Å². The molecule has 0 spiro atoms. The number of nitrogens with one attached hydrogen (secondary N) is 2. The van der Waals surface area contributed by atoms with E-state index >= 15 is 0 Å².